The second kappa shape index (κ2) is 9.40. The van der Waals surface area contributed by atoms with Crippen molar-refractivity contribution in [2.45, 2.75) is 40.3 Å². The number of alkyl halides is 2. The van der Waals surface area contributed by atoms with Gasteiger partial charge in [-0.05, 0) is 36.4 Å². The summed E-state index contributed by atoms with van der Waals surface area (Å²) >= 11 is 6.34. The fourth-order valence-electron chi connectivity index (χ4n) is 2.49. The summed E-state index contributed by atoms with van der Waals surface area (Å²) in [6, 6.07) is 2.39. The van der Waals surface area contributed by atoms with Crippen molar-refractivity contribution in [3.8, 4) is 5.75 Å². The molecule has 2 amide bonds. The van der Waals surface area contributed by atoms with Crippen molar-refractivity contribution in [1.29, 1.82) is 0 Å². The standard InChI is InChI=1S/C16H19ClF2N6O3/c1-4-11(26)24(5-2)13-10(28-15(18)19)8-7-9(12(13)17)14(27)20-16-21-22-23-25(16)6-3/h7-8,15H,4-6H2,1-3H3,(H,20,21,23,27). The lowest BCUT2D eigenvalue weighted by Crippen LogP contribution is -2.31. The number of benzene rings is 1. The molecule has 0 atom stereocenters. The number of aromatic nitrogens is 4. The summed E-state index contributed by atoms with van der Waals surface area (Å²) in [5.74, 6) is -1.25. The van der Waals surface area contributed by atoms with E-state index in [9.17, 15) is 18.4 Å². The predicted molar refractivity (Wildman–Crippen MR) is 97.8 cm³/mol. The highest BCUT2D eigenvalue weighted by Gasteiger charge is 2.26. The van der Waals surface area contributed by atoms with Gasteiger partial charge in [-0.15, -0.1) is 0 Å². The van der Waals surface area contributed by atoms with Gasteiger partial charge in [-0.1, -0.05) is 23.6 Å². The number of ether oxygens (including phenoxy) is 1. The average Bonchev–Trinajstić information content (AvgIpc) is 3.10. The molecule has 0 saturated carbocycles. The summed E-state index contributed by atoms with van der Waals surface area (Å²) in [7, 11) is 0. The van der Waals surface area contributed by atoms with E-state index >= 15 is 0 Å². The first-order valence-corrected chi connectivity index (χ1v) is 8.86. The first kappa shape index (κ1) is 21.5. The maximum Gasteiger partial charge on any atom is 0.387 e. The Morgan fingerprint density at radius 1 is 1.32 bits per heavy atom. The van der Waals surface area contributed by atoms with E-state index in [1.807, 2.05) is 0 Å². The molecule has 1 aromatic carbocycles. The largest absolute Gasteiger partial charge is 0.433 e. The summed E-state index contributed by atoms with van der Waals surface area (Å²) < 4.78 is 31.5. The minimum absolute atomic E-state index is 0.0497. The molecule has 9 nitrogen and oxygen atoms in total. The number of carbonyl (C=O) groups is 2. The Bertz CT molecular complexity index is 861. The second-order valence-corrected chi connectivity index (χ2v) is 5.79. The molecule has 0 spiro atoms. The Morgan fingerprint density at radius 3 is 2.61 bits per heavy atom. The van der Waals surface area contributed by atoms with Gasteiger partial charge in [-0.3, -0.25) is 14.9 Å². The highest BCUT2D eigenvalue weighted by Crippen LogP contribution is 2.39. The number of nitrogens with one attached hydrogen (secondary N) is 1. The third-order valence-corrected chi connectivity index (χ3v) is 4.17. The fraction of sp³-hybridized carbons (Fsp3) is 0.438. The summed E-state index contributed by atoms with van der Waals surface area (Å²) in [6.45, 7) is 2.48. The average molecular weight is 417 g/mol. The minimum atomic E-state index is -3.13. The van der Waals surface area contributed by atoms with E-state index in [1.54, 1.807) is 20.8 Å². The van der Waals surface area contributed by atoms with Crippen LogP contribution in [0.1, 0.15) is 37.6 Å². The van der Waals surface area contributed by atoms with E-state index in [-0.39, 0.29) is 46.8 Å². The first-order chi connectivity index (χ1) is 13.3. The van der Waals surface area contributed by atoms with Gasteiger partial charge in [0.05, 0.1) is 10.6 Å². The van der Waals surface area contributed by atoms with E-state index in [1.165, 1.54) is 15.6 Å². The molecule has 0 aliphatic heterocycles. The maximum atomic E-state index is 12.8. The number of amides is 2. The molecule has 2 rings (SSSR count). The third-order valence-electron chi connectivity index (χ3n) is 3.79. The molecule has 28 heavy (non-hydrogen) atoms. The van der Waals surface area contributed by atoms with Crippen LogP contribution in [0.4, 0.5) is 20.4 Å². The number of carbonyl (C=O) groups excluding carboxylic acids is 2. The molecule has 0 fully saturated rings. The van der Waals surface area contributed by atoms with Gasteiger partial charge in [-0.25, -0.2) is 4.68 Å². The van der Waals surface area contributed by atoms with E-state index in [0.29, 0.717) is 6.54 Å². The highest BCUT2D eigenvalue weighted by molar-refractivity contribution is 6.38. The van der Waals surface area contributed by atoms with Crippen molar-refractivity contribution in [2.24, 2.45) is 0 Å². The van der Waals surface area contributed by atoms with Crippen LogP contribution >= 0.6 is 11.6 Å². The number of tetrazole rings is 1. The smallest absolute Gasteiger partial charge is 0.387 e. The Hall–Kier alpha value is -2.82. The van der Waals surface area contributed by atoms with Crippen LogP contribution in [0.3, 0.4) is 0 Å². The molecule has 0 saturated heterocycles. The van der Waals surface area contributed by atoms with Gasteiger partial charge in [0.2, 0.25) is 11.9 Å². The molecule has 1 heterocycles. The van der Waals surface area contributed by atoms with Crippen molar-refractivity contribution in [2.75, 3.05) is 16.8 Å². The van der Waals surface area contributed by atoms with Crippen LogP contribution in [0.2, 0.25) is 5.02 Å². The number of hydrogen-bond acceptors (Lipinski definition) is 6. The van der Waals surface area contributed by atoms with Crippen LogP contribution in [0, 0.1) is 0 Å². The summed E-state index contributed by atoms with van der Waals surface area (Å²) in [4.78, 5) is 26.1. The van der Waals surface area contributed by atoms with E-state index in [2.05, 4.69) is 25.6 Å². The van der Waals surface area contributed by atoms with Gasteiger partial charge in [-0.2, -0.15) is 8.78 Å². The van der Waals surface area contributed by atoms with Crippen LogP contribution in [0.25, 0.3) is 0 Å². The van der Waals surface area contributed by atoms with Crippen LogP contribution < -0.4 is 15.0 Å². The normalized spacial score (nSPS) is 10.8. The summed E-state index contributed by atoms with van der Waals surface area (Å²) in [5.41, 5.74) is -0.148. The van der Waals surface area contributed by atoms with Crippen molar-refractivity contribution < 1.29 is 23.1 Å². The second-order valence-electron chi connectivity index (χ2n) is 5.42. The molecule has 12 heteroatoms. The number of nitrogens with zero attached hydrogens (tertiary/aromatic N) is 5. The van der Waals surface area contributed by atoms with E-state index in [0.717, 1.165) is 6.07 Å². The topological polar surface area (TPSA) is 102 Å². The molecular weight excluding hydrogens is 398 g/mol. The molecule has 1 N–H and O–H groups in total. The van der Waals surface area contributed by atoms with Crippen molar-refractivity contribution in [3.05, 3.63) is 22.7 Å². The molecule has 1 aromatic heterocycles. The van der Waals surface area contributed by atoms with Crippen LogP contribution in [-0.2, 0) is 11.3 Å². The van der Waals surface area contributed by atoms with Crippen molar-refractivity contribution in [1.82, 2.24) is 20.2 Å². The molecule has 0 aliphatic rings. The molecule has 0 unspecified atom stereocenters. The monoisotopic (exact) mass is 416 g/mol. The fourth-order valence-corrected chi connectivity index (χ4v) is 2.83. The van der Waals surface area contributed by atoms with Gasteiger partial charge in [0.1, 0.15) is 5.69 Å². The van der Waals surface area contributed by atoms with Gasteiger partial charge in [0.15, 0.2) is 5.75 Å². The number of halogens is 3. The van der Waals surface area contributed by atoms with Gasteiger partial charge in [0.25, 0.3) is 5.91 Å². The molecule has 0 radical (unpaired) electrons. The zero-order valence-corrected chi connectivity index (χ0v) is 16.2. The third kappa shape index (κ3) is 4.53. The zero-order chi connectivity index (χ0) is 20.8. The lowest BCUT2D eigenvalue weighted by Gasteiger charge is -2.25. The Balaban J connectivity index is 2.50. The number of hydrogen-bond donors (Lipinski definition) is 1. The Kier molecular flexibility index (Phi) is 7.21. The van der Waals surface area contributed by atoms with E-state index < -0.39 is 12.5 Å². The summed E-state index contributed by atoms with van der Waals surface area (Å²) in [6.07, 6.45) is 0.111. The predicted octanol–water partition coefficient (Wildman–Crippen LogP) is 2.96. The van der Waals surface area contributed by atoms with Gasteiger partial charge in [0, 0.05) is 19.5 Å². The molecular formula is C16H19ClF2N6O3. The van der Waals surface area contributed by atoms with Crippen molar-refractivity contribution >= 4 is 35.1 Å². The molecule has 152 valence electrons. The number of rotatable bonds is 8. The van der Waals surface area contributed by atoms with Gasteiger partial charge >= 0.3 is 6.61 Å². The van der Waals surface area contributed by atoms with Crippen LogP contribution in [0.5, 0.6) is 5.75 Å². The summed E-state index contributed by atoms with van der Waals surface area (Å²) in [5, 5.41) is 13.1. The lowest BCUT2D eigenvalue weighted by atomic mass is 10.1. The minimum Gasteiger partial charge on any atom is -0.433 e. The van der Waals surface area contributed by atoms with E-state index in [4.69, 9.17) is 11.6 Å². The van der Waals surface area contributed by atoms with Gasteiger partial charge < -0.3 is 9.64 Å². The highest BCUT2D eigenvalue weighted by atomic mass is 35.5. The van der Waals surface area contributed by atoms with Crippen LogP contribution in [-0.4, -0.2) is 45.2 Å². The SMILES string of the molecule is CCC(=O)N(CC)c1c(OC(F)F)ccc(C(=O)Nc2nnnn2CC)c1Cl. The zero-order valence-electron chi connectivity index (χ0n) is 15.4. The number of aryl methyl sites for hydroxylation is 1. The van der Waals surface area contributed by atoms with Crippen molar-refractivity contribution in [3.63, 3.8) is 0 Å². The quantitative estimate of drug-likeness (QED) is 0.709. The first-order valence-electron chi connectivity index (χ1n) is 8.49. The number of anilines is 2. The molecule has 0 bridgehead atoms. The Labute approximate surface area is 164 Å². The molecule has 0 aliphatic carbocycles. The van der Waals surface area contributed by atoms with Crippen LogP contribution in [0.15, 0.2) is 12.1 Å². The molecule has 2 aromatic rings. The lowest BCUT2D eigenvalue weighted by molar-refractivity contribution is -0.118. The Morgan fingerprint density at radius 2 is 2.04 bits per heavy atom. The maximum absolute atomic E-state index is 12.8.